The summed E-state index contributed by atoms with van der Waals surface area (Å²) in [6.07, 6.45) is 3.21. The monoisotopic (exact) mass is 476 g/mol. The zero-order valence-electron chi connectivity index (χ0n) is 17.8. The Hall–Kier alpha value is -3.74. The number of anilines is 4. The Morgan fingerprint density at radius 3 is 2.76 bits per heavy atom. The molecule has 0 saturated carbocycles. The summed E-state index contributed by atoms with van der Waals surface area (Å²) in [5, 5.41) is 10.8. The van der Waals surface area contributed by atoms with Crippen LogP contribution in [0.2, 0.25) is 0 Å². The summed E-state index contributed by atoms with van der Waals surface area (Å²) < 4.78 is 51.5. The van der Waals surface area contributed by atoms with E-state index in [1.807, 2.05) is 18.2 Å². The lowest BCUT2D eigenvalue weighted by molar-refractivity contribution is 0.122. The number of nitrogens with one attached hydrogen (secondary N) is 3. The minimum atomic E-state index is -3.42. The van der Waals surface area contributed by atoms with Crippen LogP contribution in [0.4, 0.5) is 31.9 Å². The van der Waals surface area contributed by atoms with Gasteiger partial charge < -0.3 is 15.6 Å². The molecule has 0 saturated heterocycles. The third-order valence-corrected chi connectivity index (χ3v) is 6.10. The molecule has 10 nitrogen and oxygen atoms in total. The summed E-state index contributed by atoms with van der Waals surface area (Å²) in [7, 11) is -1.92. The quantitative estimate of drug-likeness (QED) is 0.339. The summed E-state index contributed by atoms with van der Waals surface area (Å²) in [4.78, 5) is 11.9. The minimum Gasteiger partial charge on any atom is -0.365 e. The molecule has 0 aliphatic heterocycles. The fourth-order valence-electron chi connectivity index (χ4n) is 3.26. The van der Waals surface area contributed by atoms with E-state index in [2.05, 4.69) is 30.7 Å². The Labute approximate surface area is 188 Å². The van der Waals surface area contributed by atoms with E-state index in [0.29, 0.717) is 29.4 Å². The molecule has 4 rings (SSSR count). The molecule has 4 aromatic rings. The molecule has 0 aliphatic rings. The second-order valence-corrected chi connectivity index (χ2v) is 9.33. The van der Waals surface area contributed by atoms with Crippen LogP contribution in [0.3, 0.4) is 0 Å². The number of hydrogen-bond donors (Lipinski definition) is 3. The number of H-pyrrole nitrogens is 1. The van der Waals surface area contributed by atoms with E-state index in [1.54, 1.807) is 18.3 Å². The van der Waals surface area contributed by atoms with Gasteiger partial charge in [-0.15, -0.1) is 0 Å². The van der Waals surface area contributed by atoms with Crippen molar-refractivity contribution in [1.29, 1.82) is 0 Å². The second-order valence-electron chi connectivity index (χ2n) is 7.32. The van der Waals surface area contributed by atoms with Gasteiger partial charge in [0.2, 0.25) is 16.0 Å². The summed E-state index contributed by atoms with van der Waals surface area (Å²) >= 11 is 0. The number of fused-ring (bicyclic) bond motifs is 1. The van der Waals surface area contributed by atoms with Crippen molar-refractivity contribution in [2.24, 2.45) is 0 Å². The van der Waals surface area contributed by atoms with E-state index in [-0.39, 0.29) is 5.95 Å². The molecule has 3 aromatic heterocycles. The molecule has 3 N–H and O–H groups in total. The van der Waals surface area contributed by atoms with Crippen molar-refractivity contribution in [1.82, 2.24) is 24.7 Å². The normalized spacial score (nSPS) is 11.8. The summed E-state index contributed by atoms with van der Waals surface area (Å²) in [6.45, 7) is -0.203. The highest BCUT2D eigenvalue weighted by molar-refractivity contribution is 7.92. The van der Waals surface area contributed by atoms with Gasteiger partial charge in [-0.25, -0.2) is 17.2 Å². The van der Waals surface area contributed by atoms with Crippen LogP contribution in [0.25, 0.3) is 11.0 Å². The van der Waals surface area contributed by atoms with Crippen LogP contribution < -0.4 is 14.9 Å². The highest BCUT2D eigenvalue weighted by atomic mass is 32.2. The summed E-state index contributed by atoms with van der Waals surface area (Å²) in [5.74, 6) is 0.756. The first kappa shape index (κ1) is 22.5. The molecule has 0 aliphatic carbocycles. The molecule has 0 bridgehead atoms. The number of rotatable bonds is 9. The first-order chi connectivity index (χ1) is 15.7. The van der Waals surface area contributed by atoms with Gasteiger partial charge in [-0.2, -0.15) is 15.1 Å². The first-order valence-corrected chi connectivity index (χ1v) is 11.7. The van der Waals surface area contributed by atoms with Gasteiger partial charge in [-0.3, -0.25) is 8.99 Å². The Bertz CT molecular complexity index is 1370. The molecule has 0 unspecified atom stereocenters. The van der Waals surface area contributed by atoms with Gasteiger partial charge in [0, 0.05) is 26.0 Å². The lowest BCUT2D eigenvalue weighted by Crippen LogP contribution is -2.26. The van der Waals surface area contributed by atoms with Crippen molar-refractivity contribution in [3.63, 3.8) is 0 Å². The number of nitrogens with zero attached hydrogens (tertiary/aromatic N) is 5. The molecule has 0 radical (unpaired) electrons. The largest absolute Gasteiger partial charge is 0.365 e. The Balaban J connectivity index is 1.58. The van der Waals surface area contributed by atoms with Crippen LogP contribution in [0.5, 0.6) is 0 Å². The fraction of sp³-hybridized carbons (Fsp3) is 0.250. The Kier molecular flexibility index (Phi) is 6.14. The molecule has 3 heterocycles. The number of sulfonamides is 1. The van der Waals surface area contributed by atoms with Crippen LogP contribution >= 0.6 is 0 Å². The van der Waals surface area contributed by atoms with Gasteiger partial charge in [-0.05, 0) is 17.7 Å². The second kappa shape index (κ2) is 9.02. The van der Waals surface area contributed by atoms with Crippen molar-refractivity contribution in [2.45, 2.75) is 19.5 Å². The highest BCUT2D eigenvalue weighted by Gasteiger charge is 2.16. The smallest absolute Gasteiger partial charge is 0.257 e. The van der Waals surface area contributed by atoms with Crippen LogP contribution in [0, 0.1) is 0 Å². The predicted octanol–water partition coefficient (Wildman–Crippen LogP) is 3.17. The molecule has 1 aromatic carbocycles. The molecule has 0 spiro atoms. The number of para-hydroxylation sites is 1. The molecule has 0 atom stereocenters. The van der Waals surface area contributed by atoms with Gasteiger partial charge in [0.1, 0.15) is 18.0 Å². The van der Waals surface area contributed by atoms with E-state index < -0.39 is 23.0 Å². The molecular weight excluding hydrogens is 454 g/mol. The molecule has 0 amide bonds. The van der Waals surface area contributed by atoms with Gasteiger partial charge in [0.25, 0.3) is 6.43 Å². The van der Waals surface area contributed by atoms with E-state index in [1.165, 1.54) is 23.7 Å². The minimum absolute atomic E-state index is 0.241. The summed E-state index contributed by atoms with van der Waals surface area (Å²) in [6, 6.07) is 8.97. The van der Waals surface area contributed by atoms with E-state index >= 15 is 0 Å². The highest BCUT2D eigenvalue weighted by Crippen LogP contribution is 2.26. The Morgan fingerprint density at radius 2 is 2.00 bits per heavy atom. The third kappa shape index (κ3) is 5.19. The SMILES string of the molecule is CN(c1ccccc1CNc1nc(Nc2cnn(CC(F)F)c2)nc2[nH]ccc12)S(C)(=O)=O. The Morgan fingerprint density at radius 1 is 1.21 bits per heavy atom. The van der Waals surface area contributed by atoms with Crippen molar-refractivity contribution in [3.8, 4) is 0 Å². The van der Waals surface area contributed by atoms with Crippen LogP contribution in [0.1, 0.15) is 5.56 Å². The summed E-state index contributed by atoms with van der Waals surface area (Å²) in [5.41, 5.74) is 2.34. The zero-order chi connectivity index (χ0) is 23.6. The van der Waals surface area contributed by atoms with Crippen LogP contribution in [-0.2, 0) is 23.1 Å². The van der Waals surface area contributed by atoms with Crippen molar-refractivity contribution < 1.29 is 17.2 Å². The molecular formula is C20H22F2N8O2S. The maximum absolute atomic E-state index is 12.6. The van der Waals surface area contributed by atoms with Crippen molar-refractivity contribution in [2.75, 3.05) is 28.2 Å². The maximum atomic E-state index is 12.6. The van der Waals surface area contributed by atoms with Crippen molar-refractivity contribution >= 4 is 44.2 Å². The number of alkyl halides is 2. The maximum Gasteiger partial charge on any atom is 0.257 e. The lowest BCUT2D eigenvalue weighted by atomic mass is 10.1. The number of hydrogen-bond acceptors (Lipinski definition) is 7. The van der Waals surface area contributed by atoms with Gasteiger partial charge in [-0.1, -0.05) is 18.2 Å². The molecule has 174 valence electrons. The number of halogens is 2. The number of aromatic nitrogens is 5. The lowest BCUT2D eigenvalue weighted by Gasteiger charge is -2.20. The first-order valence-electron chi connectivity index (χ1n) is 9.89. The van der Waals surface area contributed by atoms with Gasteiger partial charge in [0.05, 0.1) is 29.2 Å². The third-order valence-electron chi connectivity index (χ3n) is 4.90. The van der Waals surface area contributed by atoms with Crippen LogP contribution in [-0.4, -0.2) is 52.9 Å². The average molecular weight is 477 g/mol. The van der Waals surface area contributed by atoms with Crippen LogP contribution in [0.15, 0.2) is 48.9 Å². The van der Waals surface area contributed by atoms with E-state index in [4.69, 9.17) is 0 Å². The average Bonchev–Trinajstić information content (AvgIpc) is 3.40. The number of benzene rings is 1. The molecule has 33 heavy (non-hydrogen) atoms. The topological polar surface area (TPSA) is 121 Å². The van der Waals surface area contributed by atoms with Gasteiger partial charge in [0.15, 0.2) is 0 Å². The predicted molar refractivity (Wildman–Crippen MR) is 122 cm³/mol. The number of aromatic amines is 1. The standard InChI is InChI=1S/C20H22F2N8O2S/c1-29(33(2,31)32)16-6-4-3-5-13(16)9-24-19-15-7-8-23-18(15)27-20(28-19)26-14-10-25-30(11-14)12-17(21)22/h3-8,10-11,17H,9,12H2,1-2H3,(H3,23,24,26,27,28). The van der Waals surface area contributed by atoms with Gasteiger partial charge >= 0.3 is 0 Å². The van der Waals surface area contributed by atoms with E-state index in [0.717, 1.165) is 21.9 Å². The molecule has 13 heteroatoms. The molecule has 0 fully saturated rings. The van der Waals surface area contributed by atoms with E-state index in [9.17, 15) is 17.2 Å². The fourth-order valence-corrected chi connectivity index (χ4v) is 3.79. The van der Waals surface area contributed by atoms with Crippen molar-refractivity contribution in [3.05, 3.63) is 54.5 Å². The zero-order valence-corrected chi connectivity index (χ0v) is 18.6.